The van der Waals surface area contributed by atoms with E-state index in [2.05, 4.69) is 31.3 Å². The molecule has 0 radical (unpaired) electrons. The average Bonchev–Trinajstić information content (AvgIpc) is 3.46. The van der Waals surface area contributed by atoms with Crippen molar-refractivity contribution in [2.24, 2.45) is 0 Å². The fraction of sp³-hybridized carbons (Fsp3) is 0.955. The Kier molecular flexibility index (Phi) is 48.7. The molecule has 2 heterocycles. The standard InChI is InChI=1S/C66H127NO13/c1-3-5-7-9-11-13-15-17-19-20-21-22-23-24-25-26-27-28-29-30-31-32-33-34-36-37-39-41-43-45-47-49-55(70)54(67-58(71)50-48-46-44-42-40-38-35-18-16-14-12-10-8-6-4-2)53-77-65-63(76)61(74)64(57(52-69)79-65)80-66-62(75)60(73)59(72)56(51-68)78-66/h18,35,54-57,59-66,68-70,72-76H,3-17,19-34,36-53H2,1-2H3,(H,67,71)/b35-18-. The van der Waals surface area contributed by atoms with Crippen molar-refractivity contribution in [1.82, 2.24) is 5.32 Å². The maximum atomic E-state index is 13.3. The molecule has 0 aromatic rings. The number of hydrogen-bond acceptors (Lipinski definition) is 13. The third-order valence-electron chi connectivity index (χ3n) is 17.0. The maximum Gasteiger partial charge on any atom is 0.220 e. The SMILES string of the molecule is CCCCCCCC/C=C\CCCCCCCC(=O)NC(COC1OC(CO)C(OC2OC(CO)C(O)C(O)C2O)C(O)C1O)C(O)CCCCCCCCCCCCCCCCCCCCCCCCCCCCCCCCC. The molecular weight excluding hydrogens is 1010 g/mol. The molecule has 474 valence electrons. The van der Waals surface area contributed by atoms with Crippen molar-refractivity contribution in [3.63, 3.8) is 0 Å². The van der Waals surface area contributed by atoms with E-state index < -0.39 is 86.8 Å². The minimum atomic E-state index is -1.78. The summed E-state index contributed by atoms with van der Waals surface area (Å²) < 4.78 is 22.9. The van der Waals surface area contributed by atoms with E-state index in [1.165, 1.54) is 212 Å². The van der Waals surface area contributed by atoms with Gasteiger partial charge in [-0.25, -0.2) is 0 Å². The van der Waals surface area contributed by atoms with Crippen LogP contribution in [0.15, 0.2) is 12.2 Å². The van der Waals surface area contributed by atoms with Crippen LogP contribution in [0.5, 0.6) is 0 Å². The van der Waals surface area contributed by atoms with Crippen LogP contribution in [0.1, 0.15) is 309 Å². The number of ether oxygens (including phenoxy) is 4. The second-order valence-corrected chi connectivity index (χ2v) is 24.3. The summed E-state index contributed by atoms with van der Waals surface area (Å²) in [4.78, 5) is 13.3. The van der Waals surface area contributed by atoms with Crippen LogP contribution in [0.4, 0.5) is 0 Å². The quantitative estimate of drug-likeness (QED) is 0.0204. The number of carbonyl (C=O) groups excluding carboxylic acids is 1. The lowest BCUT2D eigenvalue weighted by molar-refractivity contribution is -0.359. The van der Waals surface area contributed by atoms with E-state index in [-0.39, 0.29) is 12.5 Å². The molecule has 2 rings (SSSR count). The fourth-order valence-electron chi connectivity index (χ4n) is 11.5. The van der Waals surface area contributed by atoms with Crippen molar-refractivity contribution >= 4 is 5.91 Å². The number of aliphatic hydroxyl groups is 8. The first kappa shape index (κ1) is 74.8. The molecule has 0 aromatic heterocycles. The molecule has 2 fully saturated rings. The highest BCUT2D eigenvalue weighted by Crippen LogP contribution is 2.30. The first-order valence-corrected chi connectivity index (χ1v) is 33.9. The summed E-state index contributed by atoms with van der Waals surface area (Å²) in [5, 5.41) is 87.4. The van der Waals surface area contributed by atoms with E-state index in [0.717, 1.165) is 64.2 Å². The normalized spacial score (nSPS) is 24.2. The summed E-state index contributed by atoms with van der Waals surface area (Å²) in [7, 11) is 0. The van der Waals surface area contributed by atoms with Gasteiger partial charge in [0.15, 0.2) is 12.6 Å². The molecule has 0 saturated carbocycles. The number of rotatable bonds is 56. The van der Waals surface area contributed by atoms with Crippen LogP contribution in [0.25, 0.3) is 0 Å². The highest BCUT2D eigenvalue weighted by molar-refractivity contribution is 5.76. The minimum absolute atomic E-state index is 0.211. The van der Waals surface area contributed by atoms with E-state index in [1.807, 2.05) is 0 Å². The predicted molar refractivity (Wildman–Crippen MR) is 323 cm³/mol. The Hall–Kier alpha value is -1.27. The molecule has 12 atom stereocenters. The molecule has 0 aromatic carbocycles. The minimum Gasteiger partial charge on any atom is -0.394 e. The van der Waals surface area contributed by atoms with Crippen LogP contribution in [0.3, 0.4) is 0 Å². The van der Waals surface area contributed by atoms with Gasteiger partial charge in [0.1, 0.15) is 48.8 Å². The molecule has 2 saturated heterocycles. The van der Waals surface area contributed by atoms with Gasteiger partial charge in [0, 0.05) is 6.42 Å². The Labute approximate surface area is 488 Å². The van der Waals surface area contributed by atoms with E-state index in [0.29, 0.717) is 19.3 Å². The van der Waals surface area contributed by atoms with Gasteiger partial charge in [-0.1, -0.05) is 276 Å². The molecule has 2 aliphatic rings. The highest BCUT2D eigenvalue weighted by atomic mass is 16.7. The number of nitrogens with one attached hydrogen (secondary N) is 1. The Morgan fingerprint density at radius 3 is 1.19 bits per heavy atom. The topological polar surface area (TPSA) is 228 Å². The third-order valence-corrected chi connectivity index (χ3v) is 17.0. The van der Waals surface area contributed by atoms with Crippen molar-refractivity contribution in [2.75, 3.05) is 19.8 Å². The van der Waals surface area contributed by atoms with Crippen LogP contribution in [-0.2, 0) is 23.7 Å². The predicted octanol–water partition coefficient (Wildman–Crippen LogP) is 13.0. The first-order chi connectivity index (χ1) is 39.1. The summed E-state index contributed by atoms with van der Waals surface area (Å²) >= 11 is 0. The summed E-state index contributed by atoms with van der Waals surface area (Å²) in [5.41, 5.74) is 0. The van der Waals surface area contributed by atoms with E-state index in [9.17, 15) is 45.6 Å². The van der Waals surface area contributed by atoms with E-state index in [4.69, 9.17) is 18.9 Å². The van der Waals surface area contributed by atoms with Gasteiger partial charge in [0.25, 0.3) is 0 Å². The van der Waals surface area contributed by atoms with Gasteiger partial charge >= 0.3 is 0 Å². The molecule has 2 aliphatic heterocycles. The smallest absolute Gasteiger partial charge is 0.220 e. The van der Waals surface area contributed by atoms with Crippen LogP contribution in [-0.4, -0.2) is 140 Å². The van der Waals surface area contributed by atoms with Crippen molar-refractivity contribution in [2.45, 2.75) is 383 Å². The lowest BCUT2D eigenvalue weighted by atomic mass is 9.97. The van der Waals surface area contributed by atoms with Gasteiger partial charge in [-0.15, -0.1) is 0 Å². The lowest BCUT2D eigenvalue weighted by Gasteiger charge is -2.46. The molecule has 0 aliphatic carbocycles. The number of amides is 1. The average molecular weight is 1140 g/mol. The molecule has 9 N–H and O–H groups in total. The fourth-order valence-corrected chi connectivity index (χ4v) is 11.5. The van der Waals surface area contributed by atoms with Crippen LogP contribution in [0.2, 0.25) is 0 Å². The van der Waals surface area contributed by atoms with E-state index in [1.54, 1.807) is 0 Å². The van der Waals surface area contributed by atoms with Crippen molar-refractivity contribution in [3.8, 4) is 0 Å². The van der Waals surface area contributed by atoms with Crippen LogP contribution in [0, 0.1) is 0 Å². The van der Waals surface area contributed by atoms with Gasteiger partial charge in [0.2, 0.25) is 5.91 Å². The lowest BCUT2D eigenvalue weighted by Crippen LogP contribution is -2.65. The molecule has 14 heteroatoms. The number of hydrogen-bond donors (Lipinski definition) is 9. The molecule has 0 spiro atoms. The van der Waals surface area contributed by atoms with E-state index >= 15 is 0 Å². The summed E-state index contributed by atoms with van der Waals surface area (Å²) in [5.74, 6) is -0.211. The zero-order valence-electron chi connectivity index (χ0n) is 51.4. The molecular formula is C66H127NO13. The first-order valence-electron chi connectivity index (χ1n) is 33.9. The third kappa shape index (κ3) is 36.5. The second-order valence-electron chi connectivity index (χ2n) is 24.3. The summed E-state index contributed by atoms with van der Waals surface area (Å²) in [6, 6.07) is -0.831. The van der Waals surface area contributed by atoms with Gasteiger partial charge < -0.3 is 65.1 Å². The van der Waals surface area contributed by atoms with Crippen molar-refractivity contribution in [1.29, 1.82) is 0 Å². The summed E-state index contributed by atoms with van der Waals surface area (Å²) in [6.07, 6.45) is 45.2. The maximum absolute atomic E-state index is 13.3. The monoisotopic (exact) mass is 1140 g/mol. The zero-order valence-corrected chi connectivity index (χ0v) is 51.4. The zero-order chi connectivity index (χ0) is 58.1. The number of carbonyl (C=O) groups is 1. The molecule has 12 unspecified atom stereocenters. The number of unbranched alkanes of at least 4 members (excludes halogenated alkanes) is 41. The number of allylic oxidation sites excluding steroid dienone is 2. The van der Waals surface area contributed by atoms with Gasteiger partial charge in [-0.3, -0.25) is 4.79 Å². The van der Waals surface area contributed by atoms with Gasteiger partial charge in [-0.05, 0) is 38.5 Å². The van der Waals surface area contributed by atoms with Crippen LogP contribution < -0.4 is 5.32 Å². The largest absolute Gasteiger partial charge is 0.394 e. The Balaban J connectivity index is 1.64. The Morgan fingerprint density at radius 2 is 0.787 bits per heavy atom. The van der Waals surface area contributed by atoms with Crippen molar-refractivity contribution < 1.29 is 64.6 Å². The molecule has 0 bridgehead atoms. The van der Waals surface area contributed by atoms with Gasteiger partial charge in [-0.2, -0.15) is 0 Å². The molecule has 14 nitrogen and oxygen atoms in total. The van der Waals surface area contributed by atoms with Crippen molar-refractivity contribution in [3.05, 3.63) is 12.2 Å². The van der Waals surface area contributed by atoms with Gasteiger partial charge in [0.05, 0.1) is 32.0 Å². The number of aliphatic hydroxyl groups excluding tert-OH is 8. The Bertz CT molecular complexity index is 1390. The molecule has 1 amide bonds. The second kappa shape index (κ2) is 52.1. The summed E-state index contributed by atoms with van der Waals surface area (Å²) in [6.45, 7) is 2.89. The molecule has 80 heavy (non-hydrogen) atoms. The highest BCUT2D eigenvalue weighted by Gasteiger charge is 2.51. The van der Waals surface area contributed by atoms with Crippen LogP contribution >= 0.6 is 0 Å². The Morgan fingerprint density at radius 1 is 0.438 bits per heavy atom.